The van der Waals surface area contributed by atoms with E-state index in [0.717, 1.165) is 5.56 Å². The van der Waals surface area contributed by atoms with Gasteiger partial charge >= 0.3 is 0 Å². The van der Waals surface area contributed by atoms with Gasteiger partial charge in [-0.1, -0.05) is 35.9 Å². The zero-order valence-electron chi connectivity index (χ0n) is 18.0. The molecule has 0 saturated carbocycles. The minimum Gasteiger partial charge on any atom is -0.385 e. The molecule has 33 heavy (non-hydrogen) atoms. The molecule has 1 N–H and O–H groups in total. The lowest BCUT2D eigenvalue weighted by Gasteiger charge is -2.23. The number of amides is 2. The molecule has 3 aromatic carbocycles. The van der Waals surface area contributed by atoms with E-state index < -0.39 is 10.8 Å². The second-order valence-corrected chi connectivity index (χ2v) is 9.42. The van der Waals surface area contributed by atoms with Crippen LogP contribution in [0.3, 0.4) is 0 Å². The van der Waals surface area contributed by atoms with E-state index in [0.29, 0.717) is 51.2 Å². The third-order valence-corrected chi connectivity index (χ3v) is 7.09. The van der Waals surface area contributed by atoms with Gasteiger partial charge in [0.05, 0.1) is 38.4 Å². The first kappa shape index (κ1) is 23.2. The predicted octanol–water partition coefficient (Wildman–Crippen LogP) is 4.43. The molecule has 170 valence electrons. The smallest absolute Gasteiger partial charge is 0.259 e. The molecule has 0 radical (unpaired) electrons. The molecule has 3 aromatic rings. The van der Waals surface area contributed by atoms with Crippen LogP contribution >= 0.6 is 11.6 Å². The zero-order valence-corrected chi connectivity index (χ0v) is 19.6. The first-order valence-electron chi connectivity index (χ1n) is 10.5. The van der Waals surface area contributed by atoms with Crippen LogP contribution in [0.4, 0.5) is 5.69 Å². The van der Waals surface area contributed by atoms with Crippen LogP contribution in [0.2, 0.25) is 5.02 Å². The van der Waals surface area contributed by atoms with E-state index in [9.17, 15) is 13.8 Å². The molecule has 0 aromatic heterocycles. The van der Waals surface area contributed by atoms with Crippen LogP contribution in [-0.2, 0) is 22.1 Å². The normalized spacial score (nSPS) is 14.9. The van der Waals surface area contributed by atoms with E-state index in [1.807, 2.05) is 12.1 Å². The number of benzene rings is 3. The van der Waals surface area contributed by atoms with E-state index >= 15 is 0 Å². The van der Waals surface area contributed by atoms with Crippen molar-refractivity contribution in [3.05, 3.63) is 88.4 Å². The SMILES string of the molecule is COCCCNC(=O)c1ccc2c(c1)N(Cc1ccc(Cl)cc1)C(=O)c1ccccc1[S@]2=O. The number of fused-ring (bicyclic) bond motifs is 2. The van der Waals surface area contributed by atoms with Gasteiger partial charge in [0.15, 0.2) is 0 Å². The van der Waals surface area contributed by atoms with Crippen LogP contribution in [0, 0.1) is 0 Å². The summed E-state index contributed by atoms with van der Waals surface area (Å²) in [7, 11) is 0.0379. The summed E-state index contributed by atoms with van der Waals surface area (Å²) >= 11 is 6.02. The van der Waals surface area contributed by atoms with E-state index in [4.69, 9.17) is 16.3 Å². The summed E-state index contributed by atoms with van der Waals surface area (Å²) in [6.07, 6.45) is 0.688. The lowest BCUT2D eigenvalue weighted by atomic mass is 10.1. The average Bonchev–Trinajstić information content (AvgIpc) is 2.92. The molecule has 4 rings (SSSR count). The maximum Gasteiger partial charge on any atom is 0.259 e. The molecule has 1 aliphatic rings. The molecule has 2 amide bonds. The Morgan fingerprint density at radius 1 is 1.06 bits per heavy atom. The number of nitrogens with one attached hydrogen (secondary N) is 1. The van der Waals surface area contributed by atoms with Gasteiger partial charge in [0.2, 0.25) is 0 Å². The third kappa shape index (κ3) is 5.00. The number of hydrogen-bond donors (Lipinski definition) is 1. The van der Waals surface area contributed by atoms with Crippen LogP contribution in [-0.4, -0.2) is 36.3 Å². The molecule has 0 spiro atoms. The highest BCUT2D eigenvalue weighted by Crippen LogP contribution is 2.36. The van der Waals surface area contributed by atoms with Gasteiger partial charge in [-0.3, -0.25) is 9.59 Å². The number of carbonyl (C=O) groups is 2. The summed E-state index contributed by atoms with van der Waals surface area (Å²) in [4.78, 5) is 28.8. The third-order valence-electron chi connectivity index (χ3n) is 5.34. The standard InChI is InChI=1S/C25H23ClN2O4S/c1-32-14-4-13-27-24(29)18-9-12-23-21(15-18)28(16-17-7-10-19(26)11-8-17)25(30)20-5-2-3-6-22(20)33(23)31/h2-3,5-12,15H,4,13-14,16H2,1H3,(H,27,29)/t33-/m1/s1. The summed E-state index contributed by atoms with van der Waals surface area (Å²) in [6, 6.07) is 19.1. The fraction of sp³-hybridized carbons (Fsp3) is 0.200. The van der Waals surface area contributed by atoms with Gasteiger partial charge in [0.25, 0.3) is 11.8 Å². The molecule has 1 atom stereocenters. The van der Waals surface area contributed by atoms with Crippen LogP contribution in [0.5, 0.6) is 0 Å². The fourth-order valence-electron chi connectivity index (χ4n) is 3.65. The maximum atomic E-state index is 13.6. The van der Waals surface area contributed by atoms with Crippen molar-refractivity contribution in [1.82, 2.24) is 5.32 Å². The van der Waals surface area contributed by atoms with Crippen molar-refractivity contribution in [3.8, 4) is 0 Å². The van der Waals surface area contributed by atoms with Gasteiger partial charge < -0.3 is 15.0 Å². The van der Waals surface area contributed by atoms with Crippen LogP contribution in [0.25, 0.3) is 0 Å². The van der Waals surface area contributed by atoms with Crippen molar-refractivity contribution in [3.63, 3.8) is 0 Å². The highest BCUT2D eigenvalue weighted by molar-refractivity contribution is 7.85. The van der Waals surface area contributed by atoms with E-state index in [1.54, 1.807) is 66.6 Å². The Kier molecular flexibility index (Phi) is 7.23. The zero-order chi connectivity index (χ0) is 23.4. The summed E-state index contributed by atoms with van der Waals surface area (Å²) < 4.78 is 18.5. The molecular formula is C25H23ClN2O4S. The van der Waals surface area contributed by atoms with E-state index in [1.165, 1.54) is 0 Å². The van der Waals surface area contributed by atoms with Crippen LogP contribution < -0.4 is 10.2 Å². The number of carbonyl (C=O) groups excluding carboxylic acids is 2. The minimum atomic E-state index is -1.57. The van der Waals surface area contributed by atoms with Gasteiger partial charge in [-0.15, -0.1) is 0 Å². The van der Waals surface area contributed by atoms with Crippen molar-refractivity contribution >= 4 is 39.9 Å². The molecule has 1 aliphatic heterocycles. The Bertz CT molecular complexity index is 1210. The van der Waals surface area contributed by atoms with E-state index in [2.05, 4.69) is 5.32 Å². The van der Waals surface area contributed by atoms with E-state index in [-0.39, 0.29) is 18.4 Å². The van der Waals surface area contributed by atoms with Crippen LogP contribution in [0.1, 0.15) is 32.7 Å². The number of methoxy groups -OCH3 is 1. The predicted molar refractivity (Wildman–Crippen MR) is 128 cm³/mol. The summed E-state index contributed by atoms with van der Waals surface area (Å²) in [6.45, 7) is 1.26. The summed E-state index contributed by atoms with van der Waals surface area (Å²) in [5, 5.41) is 3.45. The number of hydrogen-bond acceptors (Lipinski definition) is 4. The topological polar surface area (TPSA) is 75.7 Å². The van der Waals surface area contributed by atoms with Gasteiger partial charge in [-0.05, 0) is 54.4 Å². The molecule has 8 heteroatoms. The Hall–Kier alpha value is -3.00. The molecular weight excluding hydrogens is 460 g/mol. The summed E-state index contributed by atoms with van der Waals surface area (Å²) in [5.41, 5.74) is 2.09. The number of nitrogens with zero attached hydrogens (tertiary/aromatic N) is 1. The molecule has 0 unspecified atom stereocenters. The summed E-state index contributed by atoms with van der Waals surface area (Å²) in [5.74, 6) is -0.536. The van der Waals surface area contributed by atoms with Gasteiger partial charge in [0.1, 0.15) is 0 Å². The van der Waals surface area contributed by atoms with Gasteiger partial charge in [-0.25, -0.2) is 4.21 Å². The van der Waals surface area contributed by atoms with Crippen LogP contribution in [0.15, 0.2) is 76.5 Å². The second kappa shape index (κ2) is 10.3. The largest absolute Gasteiger partial charge is 0.385 e. The number of rotatable bonds is 7. The highest BCUT2D eigenvalue weighted by Gasteiger charge is 2.31. The number of anilines is 1. The van der Waals surface area contributed by atoms with Crippen molar-refractivity contribution in [1.29, 1.82) is 0 Å². The Balaban J connectivity index is 1.75. The van der Waals surface area contributed by atoms with Gasteiger partial charge in [0, 0.05) is 30.8 Å². The first-order valence-corrected chi connectivity index (χ1v) is 12.0. The second-order valence-electron chi connectivity index (χ2n) is 7.57. The Morgan fingerprint density at radius 2 is 1.82 bits per heavy atom. The molecule has 0 saturated heterocycles. The number of halogens is 1. The Morgan fingerprint density at radius 3 is 2.58 bits per heavy atom. The maximum absolute atomic E-state index is 13.6. The first-order chi connectivity index (χ1) is 16.0. The minimum absolute atomic E-state index is 0.243. The monoisotopic (exact) mass is 482 g/mol. The molecule has 0 bridgehead atoms. The van der Waals surface area contributed by atoms with Gasteiger partial charge in [-0.2, -0.15) is 0 Å². The molecule has 1 heterocycles. The fourth-order valence-corrected chi connectivity index (χ4v) is 5.13. The quantitative estimate of drug-likeness (QED) is 0.505. The Labute approximate surface area is 200 Å². The number of ether oxygens (including phenoxy) is 1. The van der Waals surface area contributed by atoms with Crippen molar-refractivity contribution in [2.75, 3.05) is 25.2 Å². The molecule has 6 nitrogen and oxygen atoms in total. The highest BCUT2D eigenvalue weighted by atomic mass is 35.5. The molecule has 0 aliphatic carbocycles. The lowest BCUT2D eigenvalue weighted by molar-refractivity contribution is 0.0945. The molecule has 0 fully saturated rings. The van der Waals surface area contributed by atoms with Crippen molar-refractivity contribution in [2.24, 2.45) is 0 Å². The van der Waals surface area contributed by atoms with Crippen molar-refractivity contribution < 1.29 is 18.5 Å². The lowest BCUT2D eigenvalue weighted by Crippen LogP contribution is -2.31. The average molecular weight is 483 g/mol. The van der Waals surface area contributed by atoms with Crippen molar-refractivity contribution in [2.45, 2.75) is 22.8 Å².